The summed E-state index contributed by atoms with van der Waals surface area (Å²) in [5, 5.41) is 9.45. The van der Waals surface area contributed by atoms with Gasteiger partial charge in [-0.05, 0) is 49.4 Å². The molecule has 0 spiro atoms. The van der Waals surface area contributed by atoms with Gasteiger partial charge in [0.25, 0.3) is 0 Å². The normalized spacial score (nSPS) is 16.3. The molecule has 1 unspecified atom stereocenters. The second-order valence-electron chi connectivity index (χ2n) is 7.23. The maximum Gasteiger partial charge on any atom is 0.191 e. The van der Waals surface area contributed by atoms with E-state index < -0.39 is 0 Å². The lowest BCUT2D eigenvalue weighted by Gasteiger charge is -2.22. The van der Waals surface area contributed by atoms with Crippen LogP contribution in [-0.4, -0.2) is 45.0 Å². The number of hydrogen-bond acceptors (Lipinski definition) is 3. The van der Waals surface area contributed by atoms with E-state index in [4.69, 9.17) is 14.5 Å². The summed E-state index contributed by atoms with van der Waals surface area (Å²) in [6.45, 7) is 8.27. The summed E-state index contributed by atoms with van der Waals surface area (Å²) in [4.78, 5) is 4.73. The van der Waals surface area contributed by atoms with Crippen LogP contribution in [-0.2, 0) is 9.47 Å². The molecule has 2 aromatic carbocycles. The molecular formula is C23H34IN3O2. The van der Waals surface area contributed by atoms with Crippen molar-refractivity contribution in [2.45, 2.75) is 45.3 Å². The van der Waals surface area contributed by atoms with Gasteiger partial charge >= 0.3 is 0 Å². The Bertz CT molecular complexity index is 757. The van der Waals surface area contributed by atoms with Crippen molar-refractivity contribution < 1.29 is 9.47 Å². The van der Waals surface area contributed by atoms with E-state index in [0.29, 0.717) is 6.10 Å². The Balaban J connectivity index is 0.00000300. The van der Waals surface area contributed by atoms with Crippen LogP contribution < -0.4 is 10.6 Å². The second-order valence-corrected chi connectivity index (χ2v) is 7.23. The van der Waals surface area contributed by atoms with Crippen LogP contribution in [0.15, 0.2) is 47.5 Å². The molecular weight excluding hydrogens is 477 g/mol. The lowest BCUT2D eigenvalue weighted by atomic mass is 10.00. The zero-order chi connectivity index (χ0) is 19.6. The van der Waals surface area contributed by atoms with Crippen molar-refractivity contribution in [1.82, 2.24) is 10.6 Å². The van der Waals surface area contributed by atoms with Crippen molar-refractivity contribution in [1.29, 1.82) is 0 Å². The first-order valence-corrected chi connectivity index (χ1v) is 10.5. The maximum atomic E-state index is 5.93. The quantitative estimate of drug-likeness (QED) is 0.234. The third-order valence-corrected chi connectivity index (χ3v) is 5.08. The number of halogens is 1. The zero-order valence-corrected chi connectivity index (χ0v) is 19.9. The molecule has 1 atom stereocenters. The molecule has 0 aromatic heterocycles. The Morgan fingerprint density at radius 1 is 1.17 bits per heavy atom. The molecule has 160 valence electrons. The van der Waals surface area contributed by atoms with Crippen LogP contribution in [0.5, 0.6) is 0 Å². The van der Waals surface area contributed by atoms with Crippen LogP contribution >= 0.6 is 24.0 Å². The van der Waals surface area contributed by atoms with Crippen molar-refractivity contribution in [2.75, 3.05) is 32.9 Å². The van der Waals surface area contributed by atoms with Crippen LogP contribution in [0.25, 0.3) is 10.8 Å². The molecule has 29 heavy (non-hydrogen) atoms. The monoisotopic (exact) mass is 511 g/mol. The van der Waals surface area contributed by atoms with E-state index in [1.807, 2.05) is 0 Å². The summed E-state index contributed by atoms with van der Waals surface area (Å²) >= 11 is 0. The molecule has 3 rings (SSSR count). The zero-order valence-electron chi connectivity index (χ0n) is 17.5. The standard InChI is InChI=1S/C23H33N3O2.HI/c1-3-24-23(25-14-7-15-28-20-12-16-27-17-13-20)26-18(2)21-11-6-9-19-8-4-5-10-22(19)21;/h4-6,8-11,18,20H,3,7,12-17H2,1-2H3,(H2,24,25,26);1H. The fourth-order valence-corrected chi connectivity index (χ4v) is 3.58. The van der Waals surface area contributed by atoms with Gasteiger partial charge in [0, 0.05) is 32.9 Å². The Labute approximate surface area is 191 Å². The van der Waals surface area contributed by atoms with Crippen molar-refractivity contribution in [3.05, 3.63) is 48.0 Å². The minimum Gasteiger partial charge on any atom is -0.381 e. The fourth-order valence-electron chi connectivity index (χ4n) is 3.58. The number of nitrogens with one attached hydrogen (secondary N) is 2. The molecule has 1 aliphatic heterocycles. The number of fused-ring (bicyclic) bond motifs is 1. The van der Waals surface area contributed by atoms with E-state index in [-0.39, 0.29) is 30.0 Å². The van der Waals surface area contributed by atoms with Gasteiger partial charge in [0.2, 0.25) is 0 Å². The van der Waals surface area contributed by atoms with Crippen LogP contribution in [0.4, 0.5) is 0 Å². The van der Waals surface area contributed by atoms with Crippen molar-refractivity contribution in [2.24, 2.45) is 4.99 Å². The predicted molar refractivity (Wildman–Crippen MR) is 131 cm³/mol. The first-order chi connectivity index (χ1) is 13.8. The summed E-state index contributed by atoms with van der Waals surface area (Å²) in [5.41, 5.74) is 1.28. The first-order valence-electron chi connectivity index (χ1n) is 10.5. The van der Waals surface area contributed by atoms with Gasteiger partial charge in [0.15, 0.2) is 5.96 Å². The first kappa shape index (κ1) is 23.9. The second kappa shape index (κ2) is 13.0. The molecule has 1 aliphatic rings. The minimum absolute atomic E-state index is 0. The molecule has 1 saturated heterocycles. The minimum atomic E-state index is 0. The number of aliphatic imine (C=N–C) groups is 1. The third kappa shape index (κ3) is 7.42. The van der Waals surface area contributed by atoms with Crippen LogP contribution in [0, 0.1) is 0 Å². The Morgan fingerprint density at radius 2 is 1.93 bits per heavy atom. The van der Waals surface area contributed by atoms with Gasteiger partial charge in [-0.1, -0.05) is 42.5 Å². The number of guanidine groups is 1. The molecule has 0 radical (unpaired) electrons. The van der Waals surface area contributed by atoms with Gasteiger partial charge in [-0.25, -0.2) is 0 Å². The van der Waals surface area contributed by atoms with Crippen molar-refractivity contribution in [3.8, 4) is 0 Å². The molecule has 0 amide bonds. The summed E-state index contributed by atoms with van der Waals surface area (Å²) in [7, 11) is 0. The third-order valence-electron chi connectivity index (χ3n) is 5.08. The van der Waals surface area contributed by atoms with E-state index in [0.717, 1.165) is 58.1 Å². The van der Waals surface area contributed by atoms with E-state index in [9.17, 15) is 0 Å². The Kier molecular flexibility index (Phi) is 10.7. The van der Waals surface area contributed by atoms with E-state index >= 15 is 0 Å². The topological polar surface area (TPSA) is 54.9 Å². The van der Waals surface area contributed by atoms with Gasteiger partial charge in [-0.2, -0.15) is 0 Å². The highest BCUT2D eigenvalue weighted by Crippen LogP contribution is 2.23. The maximum absolute atomic E-state index is 5.93. The highest BCUT2D eigenvalue weighted by Gasteiger charge is 2.14. The van der Waals surface area contributed by atoms with Crippen LogP contribution in [0.2, 0.25) is 0 Å². The molecule has 0 aliphatic carbocycles. The lowest BCUT2D eigenvalue weighted by molar-refractivity contribution is -0.0318. The Morgan fingerprint density at radius 3 is 2.72 bits per heavy atom. The average Bonchev–Trinajstić information content (AvgIpc) is 2.74. The summed E-state index contributed by atoms with van der Waals surface area (Å²) in [6, 6.07) is 15.1. The predicted octanol–water partition coefficient (Wildman–Crippen LogP) is 4.66. The SMILES string of the molecule is CCNC(=NCCCOC1CCOCC1)NC(C)c1cccc2ccccc12.I. The molecule has 2 aromatic rings. The molecule has 5 nitrogen and oxygen atoms in total. The summed E-state index contributed by atoms with van der Waals surface area (Å²) < 4.78 is 11.3. The molecule has 1 heterocycles. The number of ether oxygens (including phenoxy) is 2. The van der Waals surface area contributed by atoms with Crippen LogP contribution in [0.3, 0.4) is 0 Å². The van der Waals surface area contributed by atoms with Gasteiger partial charge in [-0.15, -0.1) is 24.0 Å². The van der Waals surface area contributed by atoms with Crippen molar-refractivity contribution in [3.63, 3.8) is 0 Å². The molecule has 1 fully saturated rings. The summed E-state index contributed by atoms with van der Waals surface area (Å²) in [5.74, 6) is 0.856. The van der Waals surface area contributed by atoms with Gasteiger partial charge in [0.05, 0.1) is 12.1 Å². The van der Waals surface area contributed by atoms with Crippen molar-refractivity contribution >= 4 is 40.7 Å². The number of benzene rings is 2. The van der Waals surface area contributed by atoms with Gasteiger partial charge < -0.3 is 20.1 Å². The lowest BCUT2D eigenvalue weighted by Crippen LogP contribution is -2.39. The summed E-state index contributed by atoms with van der Waals surface area (Å²) in [6.07, 6.45) is 3.30. The van der Waals surface area contributed by atoms with E-state index in [1.54, 1.807) is 0 Å². The molecule has 2 N–H and O–H groups in total. The fraction of sp³-hybridized carbons (Fsp3) is 0.522. The largest absolute Gasteiger partial charge is 0.381 e. The molecule has 6 heteroatoms. The van der Waals surface area contributed by atoms with Gasteiger partial charge in [0.1, 0.15) is 0 Å². The average molecular weight is 511 g/mol. The smallest absolute Gasteiger partial charge is 0.191 e. The number of rotatable bonds is 8. The highest BCUT2D eigenvalue weighted by atomic mass is 127. The number of nitrogens with zero attached hydrogens (tertiary/aromatic N) is 1. The molecule has 0 bridgehead atoms. The highest BCUT2D eigenvalue weighted by molar-refractivity contribution is 14.0. The van der Waals surface area contributed by atoms with E-state index in [2.05, 4.69) is 66.9 Å². The molecule has 0 saturated carbocycles. The Hall–Kier alpha value is -1.38. The van der Waals surface area contributed by atoms with E-state index in [1.165, 1.54) is 16.3 Å². The van der Waals surface area contributed by atoms with Crippen LogP contribution in [0.1, 0.15) is 44.7 Å². The number of hydrogen-bond donors (Lipinski definition) is 2. The van der Waals surface area contributed by atoms with Gasteiger partial charge in [-0.3, -0.25) is 4.99 Å².